The number of rotatable bonds is 5. The third-order valence-electron chi connectivity index (χ3n) is 1.42. The first kappa shape index (κ1) is 13.1. The van der Waals surface area contributed by atoms with Crippen molar-refractivity contribution in [1.29, 1.82) is 0 Å². The molecular weight excluding hydrogens is 199 g/mol. The topological polar surface area (TPSA) is 38.3 Å². The average molecular weight is 213 g/mol. The van der Waals surface area contributed by atoms with Crippen molar-refractivity contribution >= 4 is 6.09 Å². The number of amides is 1. The lowest BCUT2D eigenvalue weighted by Crippen LogP contribution is -2.29. The molecule has 1 N–H and O–H groups in total. The van der Waals surface area contributed by atoms with E-state index in [1.54, 1.807) is 0 Å². The zero-order chi connectivity index (χ0) is 11.0. The van der Waals surface area contributed by atoms with Gasteiger partial charge in [0.15, 0.2) is 6.61 Å². The summed E-state index contributed by atoms with van der Waals surface area (Å²) in [6.45, 7) is 0.805. The van der Waals surface area contributed by atoms with Crippen LogP contribution in [-0.2, 0) is 4.74 Å². The van der Waals surface area contributed by atoms with Gasteiger partial charge in [-0.1, -0.05) is 19.8 Å². The Kier molecular flexibility index (Phi) is 6.07. The highest BCUT2D eigenvalue weighted by Gasteiger charge is 2.29. The van der Waals surface area contributed by atoms with Gasteiger partial charge in [0.05, 0.1) is 0 Å². The van der Waals surface area contributed by atoms with E-state index in [4.69, 9.17) is 0 Å². The minimum Gasteiger partial charge on any atom is -0.440 e. The SMILES string of the molecule is CCCCCNC(=O)OCC(F)(F)F. The number of alkyl halides is 3. The van der Waals surface area contributed by atoms with Gasteiger partial charge in [-0.05, 0) is 6.42 Å². The third kappa shape index (κ3) is 9.15. The number of unbranched alkanes of at least 4 members (excludes halogenated alkanes) is 2. The van der Waals surface area contributed by atoms with Crippen LogP contribution in [0.15, 0.2) is 0 Å². The predicted octanol–water partition coefficient (Wildman–Crippen LogP) is 2.47. The molecule has 0 rings (SSSR count). The van der Waals surface area contributed by atoms with Crippen molar-refractivity contribution in [3.8, 4) is 0 Å². The first-order valence-corrected chi connectivity index (χ1v) is 4.43. The molecule has 0 unspecified atom stereocenters. The zero-order valence-electron chi connectivity index (χ0n) is 7.99. The summed E-state index contributed by atoms with van der Waals surface area (Å²) in [5, 5.41) is 2.23. The van der Waals surface area contributed by atoms with Gasteiger partial charge in [-0.3, -0.25) is 0 Å². The summed E-state index contributed by atoms with van der Waals surface area (Å²) in [7, 11) is 0. The average Bonchev–Trinajstić information content (AvgIpc) is 2.08. The lowest BCUT2D eigenvalue weighted by atomic mass is 10.2. The van der Waals surface area contributed by atoms with Gasteiger partial charge in [0.1, 0.15) is 0 Å². The fourth-order valence-electron chi connectivity index (χ4n) is 0.764. The van der Waals surface area contributed by atoms with E-state index >= 15 is 0 Å². The Morgan fingerprint density at radius 3 is 2.50 bits per heavy atom. The van der Waals surface area contributed by atoms with Crippen molar-refractivity contribution < 1.29 is 22.7 Å². The van der Waals surface area contributed by atoms with Gasteiger partial charge in [0, 0.05) is 6.54 Å². The summed E-state index contributed by atoms with van der Waals surface area (Å²) in [6, 6.07) is 0. The Morgan fingerprint density at radius 2 is 2.00 bits per heavy atom. The summed E-state index contributed by atoms with van der Waals surface area (Å²) < 4.78 is 38.6. The van der Waals surface area contributed by atoms with E-state index in [1.807, 2.05) is 6.92 Å². The summed E-state index contributed by atoms with van der Waals surface area (Å²) >= 11 is 0. The molecule has 84 valence electrons. The fourth-order valence-corrected chi connectivity index (χ4v) is 0.764. The standard InChI is InChI=1S/C8H14F3NO2/c1-2-3-4-5-12-7(13)14-6-8(9,10)11/h2-6H2,1H3,(H,12,13). The van der Waals surface area contributed by atoms with Crippen LogP contribution in [0.4, 0.5) is 18.0 Å². The lowest BCUT2D eigenvalue weighted by molar-refractivity contribution is -0.160. The number of nitrogens with one attached hydrogen (secondary N) is 1. The second-order valence-corrected chi connectivity index (χ2v) is 2.83. The highest BCUT2D eigenvalue weighted by Crippen LogP contribution is 2.14. The summed E-state index contributed by atoms with van der Waals surface area (Å²) in [5.74, 6) is 0. The second kappa shape index (κ2) is 6.50. The number of carbonyl (C=O) groups excluding carboxylic acids is 1. The first-order valence-electron chi connectivity index (χ1n) is 4.43. The molecule has 0 bridgehead atoms. The number of carbonyl (C=O) groups is 1. The largest absolute Gasteiger partial charge is 0.440 e. The Balaban J connectivity index is 3.38. The number of hydrogen-bond acceptors (Lipinski definition) is 2. The molecule has 0 aromatic heterocycles. The van der Waals surface area contributed by atoms with Crippen LogP contribution in [0.25, 0.3) is 0 Å². The molecule has 14 heavy (non-hydrogen) atoms. The quantitative estimate of drug-likeness (QED) is 0.712. The maximum Gasteiger partial charge on any atom is 0.422 e. The number of ether oxygens (including phenoxy) is 1. The van der Waals surface area contributed by atoms with Crippen molar-refractivity contribution in [3.63, 3.8) is 0 Å². The smallest absolute Gasteiger partial charge is 0.422 e. The van der Waals surface area contributed by atoms with Gasteiger partial charge >= 0.3 is 12.3 Å². The molecule has 0 saturated heterocycles. The highest BCUT2D eigenvalue weighted by atomic mass is 19.4. The molecule has 0 aromatic rings. The second-order valence-electron chi connectivity index (χ2n) is 2.83. The van der Waals surface area contributed by atoms with Crippen LogP contribution >= 0.6 is 0 Å². The van der Waals surface area contributed by atoms with Gasteiger partial charge in [-0.2, -0.15) is 13.2 Å². The molecule has 3 nitrogen and oxygen atoms in total. The molecule has 0 spiro atoms. The molecule has 0 aromatic carbocycles. The lowest BCUT2D eigenvalue weighted by Gasteiger charge is -2.08. The molecule has 0 atom stereocenters. The summed E-state index contributed by atoms with van der Waals surface area (Å²) in [5.41, 5.74) is 0. The van der Waals surface area contributed by atoms with Crippen LogP contribution in [-0.4, -0.2) is 25.4 Å². The Morgan fingerprint density at radius 1 is 1.36 bits per heavy atom. The van der Waals surface area contributed by atoms with E-state index in [1.165, 1.54) is 0 Å². The summed E-state index contributed by atoms with van der Waals surface area (Å²) in [6.07, 6.45) is -2.81. The van der Waals surface area contributed by atoms with Crippen molar-refractivity contribution in [1.82, 2.24) is 5.32 Å². The van der Waals surface area contributed by atoms with E-state index in [0.29, 0.717) is 6.54 Å². The minimum atomic E-state index is -4.46. The minimum absolute atomic E-state index is 0.352. The molecule has 0 aliphatic carbocycles. The molecule has 1 amide bonds. The van der Waals surface area contributed by atoms with Crippen molar-refractivity contribution in [2.45, 2.75) is 32.4 Å². The monoisotopic (exact) mass is 213 g/mol. The van der Waals surface area contributed by atoms with Crippen molar-refractivity contribution in [2.24, 2.45) is 0 Å². The molecule has 0 heterocycles. The number of alkyl carbamates (subject to hydrolysis) is 1. The van der Waals surface area contributed by atoms with Gasteiger partial charge in [0.2, 0.25) is 0 Å². The van der Waals surface area contributed by atoms with Gasteiger partial charge in [-0.25, -0.2) is 4.79 Å². The number of hydrogen-bond donors (Lipinski definition) is 1. The van der Waals surface area contributed by atoms with Crippen molar-refractivity contribution in [3.05, 3.63) is 0 Å². The summed E-state index contributed by atoms with van der Waals surface area (Å²) in [4.78, 5) is 10.6. The molecule has 0 radical (unpaired) electrons. The van der Waals surface area contributed by atoms with E-state index in [-0.39, 0.29) is 0 Å². The van der Waals surface area contributed by atoms with Crippen LogP contribution in [0.3, 0.4) is 0 Å². The normalized spacial score (nSPS) is 11.1. The third-order valence-corrected chi connectivity index (χ3v) is 1.42. The van der Waals surface area contributed by atoms with E-state index in [9.17, 15) is 18.0 Å². The van der Waals surface area contributed by atoms with E-state index in [0.717, 1.165) is 19.3 Å². The molecule has 0 aliphatic heterocycles. The Bertz CT molecular complexity index is 170. The van der Waals surface area contributed by atoms with Gasteiger partial charge in [-0.15, -0.1) is 0 Å². The van der Waals surface area contributed by atoms with Crippen LogP contribution in [0, 0.1) is 0 Å². The molecule has 0 saturated carbocycles. The first-order chi connectivity index (χ1) is 6.45. The van der Waals surface area contributed by atoms with Crippen LogP contribution in [0.2, 0.25) is 0 Å². The van der Waals surface area contributed by atoms with Gasteiger partial charge < -0.3 is 10.1 Å². The number of halogens is 3. The predicted molar refractivity (Wildman–Crippen MR) is 44.9 cm³/mol. The van der Waals surface area contributed by atoms with Crippen LogP contribution in [0.1, 0.15) is 26.2 Å². The Labute approximate surface area is 80.6 Å². The van der Waals surface area contributed by atoms with Crippen molar-refractivity contribution in [2.75, 3.05) is 13.2 Å². The van der Waals surface area contributed by atoms with Gasteiger partial charge in [0.25, 0.3) is 0 Å². The highest BCUT2D eigenvalue weighted by molar-refractivity contribution is 5.67. The van der Waals surface area contributed by atoms with Crippen LogP contribution < -0.4 is 5.32 Å². The molecule has 6 heteroatoms. The molecule has 0 aliphatic rings. The zero-order valence-corrected chi connectivity index (χ0v) is 7.99. The maximum absolute atomic E-state index is 11.6. The van der Waals surface area contributed by atoms with E-state index < -0.39 is 18.9 Å². The molecule has 0 fully saturated rings. The maximum atomic E-state index is 11.6. The van der Waals surface area contributed by atoms with Crippen LogP contribution in [0.5, 0.6) is 0 Å². The molecular formula is C8H14F3NO2. The fraction of sp³-hybridized carbons (Fsp3) is 0.875. The Hall–Kier alpha value is -0.940. The van der Waals surface area contributed by atoms with E-state index in [2.05, 4.69) is 10.1 Å².